The Bertz CT molecular complexity index is 462. The molecular weight excluding hydrogens is 259 g/mol. The highest BCUT2D eigenvalue weighted by Crippen LogP contribution is 2.46. The van der Waals surface area contributed by atoms with Gasteiger partial charge in [0.05, 0.1) is 0 Å². The van der Waals surface area contributed by atoms with E-state index >= 15 is 0 Å². The van der Waals surface area contributed by atoms with Crippen molar-refractivity contribution in [1.82, 2.24) is 0 Å². The van der Waals surface area contributed by atoms with Crippen molar-refractivity contribution in [3.05, 3.63) is 35.6 Å². The van der Waals surface area contributed by atoms with Crippen LogP contribution in [0.25, 0.3) is 0 Å². The third kappa shape index (κ3) is 3.19. The summed E-state index contributed by atoms with van der Waals surface area (Å²) in [6, 6.07) is 6.60. The highest BCUT2D eigenvalue weighted by Gasteiger charge is 2.37. The molecule has 0 aliphatic carbocycles. The number of thioether (sulfide) groups is 1. The quantitative estimate of drug-likeness (QED) is 0.828. The van der Waals surface area contributed by atoms with Gasteiger partial charge in [0.2, 0.25) is 0 Å². The van der Waals surface area contributed by atoms with E-state index < -0.39 is 0 Å². The van der Waals surface area contributed by atoms with E-state index in [-0.39, 0.29) is 11.7 Å². The second-order valence-corrected chi connectivity index (χ2v) is 7.33. The normalized spacial score (nSPS) is 29.4. The third-order valence-corrected chi connectivity index (χ3v) is 5.92. The van der Waals surface area contributed by atoms with Crippen LogP contribution in [0.1, 0.15) is 37.7 Å². The van der Waals surface area contributed by atoms with Crippen molar-refractivity contribution in [2.75, 3.05) is 0 Å². The molecule has 0 amide bonds. The molecule has 2 aliphatic rings. The van der Waals surface area contributed by atoms with E-state index in [0.29, 0.717) is 18.6 Å². The van der Waals surface area contributed by atoms with E-state index in [4.69, 9.17) is 0 Å². The van der Waals surface area contributed by atoms with E-state index in [1.54, 1.807) is 6.07 Å². The van der Waals surface area contributed by atoms with Gasteiger partial charge in [-0.25, -0.2) is 4.39 Å². The summed E-state index contributed by atoms with van der Waals surface area (Å²) >= 11 is 2.09. The average molecular weight is 278 g/mol. The molecule has 2 unspecified atom stereocenters. The fourth-order valence-electron chi connectivity index (χ4n) is 3.28. The Morgan fingerprint density at radius 3 is 2.68 bits per heavy atom. The summed E-state index contributed by atoms with van der Waals surface area (Å²) in [5.41, 5.74) is 0.932. The van der Waals surface area contributed by atoms with Crippen LogP contribution in [0.15, 0.2) is 24.3 Å². The molecule has 0 aromatic heterocycles. The van der Waals surface area contributed by atoms with E-state index in [0.717, 1.165) is 28.9 Å². The molecule has 102 valence electrons. The van der Waals surface area contributed by atoms with Crippen molar-refractivity contribution in [2.24, 2.45) is 5.92 Å². The number of ketones is 1. The summed E-state index contributed by atoms with van der Waals surface area (Å²) in [5.74, 6) is 0.450. The van der Waals surface area contributed by atoms with Gasteiger partial charge in [0.15, 0.2) is 0 Å². The maximum Gasteiger partial charge on any atom is 0.136 e. The largest absolute Gasteiger partial charge is 0.299 e. The number of carbonyl (C=O) groups excluding carboxylic acids is 1. The third-order valence-electron chi connectivity index (χ3n) is 4.29. The minimum Gasteiger partial charge on any atom is -0.299 e. The fourth-order valence-corrected chi connectivity index (χ4v) is 5.06. The topological polar surface area (TPSA) is 17.1 Å². The molecule has 2 fully saturated rings. The van der Waals surface area contributed by atoms with Crippen molar-refractivity contribution in [2.45, 2.75) is 49.0 Å². The summed E-state index contributed by atoms with van der Waals surface area (Å²) in [6.45, 7) is 0. The lowest BCUT2D eigenvalue weighted by Gasteiger charge is -2.26. The first kappa shape index (κ1) is 13.2. The molecule has 3 rings (SSSR count). The van der Waals surface area contributed by atoms with Gasteiger partial charge in [0.25, 0.3) is 0 Å². The Kier molecular flexibility index (Phi) is 3.92. The van der Waals surface area contributed by atoms with Crippen LogP contribution in [0.4, 0.5) is 4.39 Å². The number of fused-ring (bicyclic) bond motifs is 2. The Morgan fingerprint density at radius 1 is 1.26 bits per heavy atom. The molecule has 2 aliphatic heterocycles. The molecule has 3 heteroatoms. The van der Waals surface area contributed by atoms with Crippen LogP contribution in [-0.4, -0.2) is 16.3 Å². The molecular formula is C16H19FOS. The van der Waals surface area contributed by atoms with Crippen LogP contribution < -0.4 is 0 Å². The Labute approximate surface area is 118 Å². The van der Waals surface area contributed by atoms with Crippen molar-refractivity contribution in [3.8, 4) is 0 Å². The van der Waals surface area contributed by atoms with Gasteiger partial charge in [-0.15, -0.1) is 0 Å². The molecule has 1 aromatic rings. The number of aryl methyl sites for hydroxylation is 1. The molecule has 0 spiro atoms. The van der Waals surface area contributed by atoms with E-state index in [2.05, 4.69) is 11.8 Å². The second-order valence-electron chi connectivity index (χ2n) is 5.72. The Morgan fingerprint density at radius 2 is 2.00 bits per heavy atom. The summed E-state index contributed by atoms with van der Waals surface area (Å²) in [4.78, 5) is 12.3. The number of carbonyl (C=O) groups is 1. The number of hydrogen-bond acceptors (Lipinski definition) is 2. The van der Waals surface area contributed by atoms with E-state index in [1.165, 1.54) is 25.0 Å². The van der Waals surface area contributed by atoms with E-state index in [9.17, 15) is 9.18 Å². The number of hydrogen-bond donors (Lipinski definition) is 0. The summed E-state index contributed by atoms with van der Waals surface area (Å²) < 4.78 is 13.1. The molecule has 1 nitrogen and oxygen atoms in total. The van der Waals surface area contributed by atoms with Crippen LogP contribution in [0.5, 0.6) is 0 Å². The van der Waals surface area contributed by atoms with Crippen molar-refractivity contribution in [1.29, 1.82) is 0 Å². The van der Waals surface area contributed by atoms with Crippen LogP contribution in [0, 0.1) is 11.7 Å². The molecule has 1 aromatic carbocycles. The molecule has 2 atom stereocenters. The van der Waals surface area contributed by atoms with Gasteiger partial charge in [-0.2, -0.15) is 11.8 Å². The summed E-state index contributed by atoms with van der Waals surface area (Å²) in [5, 5.41) is 1.45. The Balaban J connectivity index is 1.54. The maximum atomic E-state index is 13.1. The average Bonchev–Trinajstić information content (AvgIpc) is 2.75. The zero-order valence-corrected chi connectivity index (χ0v) is 11.8. The number of rotatable bonds is 4. The van der Waals surface area contributed by atoms with Crippen LogP contribution >= 0.6 is 11.8 Å². The molecule has 2 heterocycles. The standard InChI is InChI=1S/C16H19FOS/c17-13-3-1-2-11(8-13)4-7-16(18)12-9-14-5-6-15(10-12)19-14/h1-3,8,12,14-15H,4-7,9-10H2. The summed E-state index contributed by atoms with van der Waals surface area (Å²) in [6.07, 6.45) is 5.98. The van der Waals surface area contributed by atoms with Gasteiger partial charge in [-0.1, -0.05) is 12.1 Å². The first-order chi connectivity index (χ1) is 9.20. The second kappa shape index (κ2) is 5.66. The molecule has 2 saturated heterocycles. The number of benzene rings is 1. The number of halogens is 1. The molecule has 0 N–H and O–H groups in total. The lowest BCUT2D eigenvalue weighted by Crippen LogP contribution is -2.24. The zero-order valence-electron chi connectivity index (χ0n) is 11.0. The number of Topliss-reactive ketones (excluding diaryl/α,β-unsaturated/α-hetero) is 1. The monoisotopic (exact) mass is 278 g/mol. The first-order valence-corrected chi connectivity index (χ1v) is 8.07. The maximum absolute atomic E-state index is 13.1. The predicted octanol–water partition coefficient (Wildman–Crippen LogP) is 4.00. The molecule has 0 radical (unpaired) electrons. The van der Waals surface area contributed by atoms with Crippen LogP contribution in [0.3, 0.4) is 0 Å². The zero-order chi connectivity index (χ0) is 13.2. The first-order valence-electron chi connectivity index (χ1n) is 7.13. The predicted molar refractivity (Wildman–Crippen MR) is 76.9 cm³/mol. The Hall–Kier alpha value is -0.830. The van der Waals surface area contributed by atoms with Gasteiger partial charge in [0, 0.05) is 22.8 Å². The van der Waals surface area contributed by atoms with Gasteiger partial charge < -0.3 is 0 Å². The SMILES string of the molecule is O=C(CCc1cccc(F)c1)C1CC2CCC(C1)S2. The highest BCUT2D eigenvalue weighted by atomic mass is 32.2. The van der Waals surface area contributed by atoms with Crippen LogP contribution in [-0.2, 0) is 11.2 Å². The van der Waals surface area contributed by atoms with Crippen LogP contribution in [0.2, 0.25) is 0 Å². The molecule has 2 bridgehead atoms. The fraction of sp³-hybridized carbons (Fsp3) is 0.562. The van der Waals surface area contributed by atoms with Crippen molar-refractivity contribution in [3.63, 3.8) is 0 Å². The van der Waals surface area contributed by atoms with Crippen molar-refractivity contribution >= 4 is 17.5 Å². The molecule has 19 heavy (non-hydrogen) atoms. The minimum absolute atomic E-state index is 0.211. The highest BCUT2D eigenvalue weighted by molar-refractivity contribution is 8.00. The van der Waals surface area contributed by atoms with E-state index in [1.807, 2.05) is 6.07 Å². The summed E-state index contributed by atoms with van der Waals surface area (Å²) in [7, 11) is 0. The van der Waals surface area contributed by atoms with Gasteiger partial charge in [-0.05, 0) is 49.8 Å². The van der Waals surface area contributed by atoms with Gasteiger partial charge in [0.1, 0.15) is 11.6 Å². The lowest BCUT2D eigenvalue weighted by molar-refractivity contribution is -0.123. The molecule has 0 saturated carbocycles. The smallest absolute Gasteiger partial charge is 0.136 e. The van der Waals surface area contributed by atoms with Gasteiger partial charge >= 0.3 is 0 Å². The van der Waals surface area contributed by atoms with Crippen molar-refractivity contribution < 1.29 is 9.18 Å². The van der Waals surface area contributed by atoms with Gasteiger partial charge in [-0.3, -0.25) is 4.79 Å². The lowest BCUT2D eigenvalue weighted by atomic mass is 9.91. The minimum atomic E-state index is -0.211.